The van der Waals surface area contributed by atoms with Gasteiger partial charge < -0.3 is 15.3 Å². The second kappa shape index (κ2) is 3.52. The molecule has 0 spiro atoms. The second-order valence-corrected chi connectivity index (χ2v) is 3.90. The zero-order chi connectivity index (χ0) is 11.0. The molecule has 2 N–H and O–H groups in total. The monoisotopic (exact) mass is 212 g/mol. The summed E-state index contributed by atoms with van der Waals surface area (Å²) in [6.07, 6.45) is 0.409. The fraction of sp³-hybridized carbons (Fsp3) is 0.667. The lowest BCUT2D eigenvalue weighted by Crippen LogP contribution is -2.50. The minimum Gasteiger partial charge on any atom is -0.481 e. The Kier molecular flexibility index (Phi) is 2.34. The molecule has 1 saturated carbocycles. The van der Waals surface area contributed by atoms with Crippen LogP contribution in [0.15, 0.2) is 0 Å². The van der Waals surface area contributed by atoms with Gasteiger partial charge in [-0.2, -0.15) is 0 Å². The van der Waals surface area contributed by atoms with Gasteiger partial charge in [-0.05, 0) is 6.42 Å². The summed E-state index contributed by atoms with van der Waals surface area (Å²) in [4.78, 5) is 34.7. The van der Waals surface area contributed by atoms with Crippen molar-refractivity contribution in [1.29, 1.82) is 0 Å². The molecule has 0 bridgehead atoms. The molecule has 1 aliphatic heterocycles. The van der Waals surface area contributed by atoms with Crippen molar-refractivity contribution in [1.82, 2.24) is 10.2 Å². The summed E-state index contributed by atoms with van der Waals surface area (Å²) < 4.78 is 0. The van der Waals surface area contributed by atoms with E-state index in [0.717, 1.165) is 0 Å². The van der Waals surface area contributed by atoms with E-state index >= 15 is 0 Å². The van der Waals surface area contributed by atoms with Crippen molar-refractivity contribution in [3.8, 4) is 0 Å². The van der Waals surface area contributed by atoms with E-state index in [1.807, 2.05) is 0 Å². The molecular formula is C9H12N2O4. The van der Waals surface area contributed by atoms with Crippen molar-refractivity contribution in [2.45, 2.75) is 6.42 Å². The fourth-order valence-corrected chi connectivity index (χ4v) is 1.80. The molecule has 6 nitrogen and oxygen atoms in total. The Morgan fingerprint density at radius 1 is 1.40 bits per heavy atom. The largest absolute Gasteiger partial charge is 0.481 e. The van der Waals surface area contributed by atoms with E-state index in [1.165, 1.54) is 4.90 Å². The molecule has 2 atom stereocenters. The third-order valence-corrected chi connectivity index (χ3v) is 2.77. The van der Waals surface area contributed by atoms with Crippen LogP contribution < -0.4 is 5.32 Å². The first-order valence-electron chi connectivity index (χ1n) is 4.88. The number of carboxylic acids is 1. The molecular weight excluding hydrogens is 200 g/mol. The highest BCUT2D eigenvalue weighted by Gasteiger charge is 2.50. The maximum atomic E-state index is 11.7. The maximum Gasteiger partial charge on any atom is 0.307 e. The van der Waals surface area contributed by atoms with Crippen molar-refractivity contribution in [3.05, 3.63) is 0 Å². The van der Waals surface area contributed by atoms with Crippen LogP contribution in [-0.4, -0.2) is 47.4 Å². The van der Waals surface area contributed by atoms with Gasteiger partial charge >= 0.3 is 5.97 Å². The molecule has 2 aliphatic rings. The van der Waals surface area contributed by atoms with Crippen molar-refractivity contribution >= 4 is 17.8 Å². The number of piperazine rings is 1. The Morgan fingerprint density at radius 3 is 2.67 bits per heavy atom. The number of nitrogens with zero attached hydrogens (tertiary/aromatic N) is 1. The van der Waals surface area contributed by atoms with Crippen LogP contribution in [0.3, 0.4) is 0 Å². The van der Waals surface area contributed by atoms with E-state index < -0.39 is 17.8 Å². The molecule has 6 heteroatoms. The van der Waals surface area contributed by atoms with E-state index in [0.29, 0.717) is 19.5 Å². The number of hydrogen-bond donors (Lipinski definition) is 2. The number of amides is 2. The van der Waals surface area contributed by atoms with Crippen LogP contribution in [0.25, 0.3) is 0 Å². The molecule has 0 aromatic heterocycles. The van der Waals surface area contributed by atoms with Crippen molar-refractivity contribution in [3.63, 3.8) is 0 Å². The molecule has 1 heterocycles. The zero-order valence-electron chi connectivity index (χ0n) is 8.10. The first-order valence-corrected chi connectivity index (χ1v) is 4.88. The number of carboxylic acid groups (broad SMARTS) is 1. The highest BCUT2D eigenvalue weighted by molar-refractivity contribution is 5.92. The zero-order valence-corrected chi connectivity index (χ0v) is 8.10. The standard InChI is InChI=1S/C9H12N2O4/c12-7-4-11(2-1-10-7)8(13)5-3-6(5)9(14)15/h5-6H,1-4H2,(H,10,12)(H,14,15). The van der Waals surface area contributed by atoms with Gasteiger partial charge in [0.25, 0.3) is 0 Å². The van der Waals surface area contributed by atoms with Gasteiger partial charge in [0.05, 0.1) is 18.4 Å². The number of hydrogen-bond acceptors (Lipinski definition) is 3. The molecule has 1 aliphatic carbocycles. The Morgan fingerprint density at radius 2 is 2.13 bits per heavy atom. The molecule has 2 unspecified atom stereocenters. The lowest BCUT2D eigenvalue weighted by Gasteiger charge is -2.26. The Labute approximate surface area is 86.2 Å². The van der Waals surface area contributed by atoms with Gasteiger partial charge in [0.1, 0.15) is 0 Å². The summed E-state index contributed by atoms with van der Waals surface area (Å²) in [5, 5.41) is 11.3. The summed E-state index contributed by atoms with van der Waals surface area (Å²) in [6.45, 7) is 0.990. The van der Waals surface area contributed by atoms with E-state index in [4.69, 9.17) is 5.11 Å². The molecule has 0 aromatic rings. The third-order valence-electron chi connectivity index (χ3n) is 2.77. The average molecular weight is 212 g/mol. The molecule has 1 saturated heterocycles. The van der Waals surface area contributed by atoms with E-state index in [1.54, 1.807) is 0 Å². The minimum atomic E-state index is -0.921. The predicted octanol–water partition coefficient (Wildman–Crippen LogP) is -1.33. The van der Waals surface area contributed by atoms with E-state index in [2.05, 4.69) is 5.32 Å². The van der Waals surface area contributed by atoms with Gasteiger partial charge in [0.15, 0.2) is 0 Å². The normalized spacial score (nSPS) is 29.6. The molecule has 0 radical (unpaired) electrons. The number of nitrogens with one attached hydrogen (secondary N) is 1. The quantitative estimate of drug-likeness (QED) is 0.593. The summed E-state index contributed by atoms with van der Waals surface area (Å²) >= 11 is 0. The SMILES string of the molecule is O=C1CN(C(=O)C2CC2C(=O)O)CCN1. The number of carbonyl (C=O) groups excluding carboxylic acids is 2. The van der Waals surface area contributed by atoms with Crippen LogP contribution in [0.1, 0.15) is 6.42 Å². The summed E-state index contributed by atoms with van der Waals surface area (Å²) in [7, 11) is 0. The molecule has 82 valence electrons. The van der Waals surface area contributed by atoms with E-state index in [-0.39, 0.29) is 18.4 Å². The highest BCUT2D eigenvalue weighted by Crippen LogP contribution is 2.40. The number of carbonyl (C=O) groups is 3. The van der Waals surface area contributed by atoms with Gasteiger partial charge in [0.2, 0.25) is 11.8 Å². The molecule has 2 rings (SSSR count). The van der Waals surface area contributed by atoms with Crippen molar-refractivity contribution < 1.29 is 19.5 Å². The van der Waals surface area contributed by atoms with Gasteiger partial charge in [0, 0.05) is 13.1 Å². The van der Waals surface area contributed by atoms with Gasteiger partial charge in [-0.25, -0.2) is 0 Å². The van der Waals surface area contributed by atoms with Crippen LogP contribution in [0.5, 0.6) is 0 Å². The van der Waals surface area contributed by atoms with Crippen molar-refractivity contribution in [2.24, 2.45) is 11.8 Å². The Bertz CT molecular complexity index is 328. The first-order chi connectivity index (χ1) is 7.09. The maximum absolute atomic E-state index is 11.7. The highest BCUT2D eigenvalue weighted by atomic mass is 16.4. The number of aliphatic carboxylic acids is 1. The molecule has 15 heavy (non-hydrogen) atoms. The average Bonchev–Trinajstić information content (AvgIpc) is 2.96. The van der Waals surface area contributed by atoms with Gasteiger partial charge in [-0.3, -0.25) is 14.4 Å². The summed E-state index contributed by atoms with van der Waals surface area (Å²) in [5.74, 6) is -2.25. The topological polar surface area (TPSA) is 86.7 Å². The lowest BCUT2D eigenvalue weighted by atomic mass is 10.2. The molecule has 2 amide bonds. The van der Waals surface area contributed by atoms with Crippen LogP contribution in [0.4, 0.5) is 0 Å². The molecule has 2 fully saturated rings. The Balaban J connectivity index is 1.92. The summed E-state index contributed by atoms with van der Waals surface area (Å²) in [6, 6.07) is 0. The second-order valence-electron chi connectivity index (χ2n) is 3.90. The predicted molar refractivity (Wildman–Crippen MR) is 48.8 cm³/mol. The van der Waals surface area contributed by atoms with Crippen LogP contribution in [0.2, 0.25) is 0 Å². The number of rotatable bonds is 2. The van der Waals surface area contributed by atoms with Crippen LogP contribution >= 0.6 is 0 Å². The Hall–Kier alpha value is -1.59. The lowest BCUT2D eigenvalue weighted by molar-refractivity contribution is -0.143. The smallest absolute Gasteiger partial charge is 0.307 e. The van der Waals surface area contributed by atoms with E-state index in [9.17, 15) is 14.4 Å². The van der Waals surface area contributed by atoms with Crippen LogP contribution in [-0.2, 0) is 14.4 Å². The third kappa shape index (κ3) is 1.93. The first kappa shape index (κ1) is 9.95. The van der Waals surface area contributed by atoms with Gasteiger partial charge in [-0.1, -0.05) is 0 Å². The molecule has 0 aromatic carbocycles. The van der Waals surface area contributed by atoms with Crippen molar-refractivity contribution in [2.75, 3.05) is 19.6 Å². The fourth-order valence-electron chi connectivity index (χ4n) is 1.80. The summed E-state index contributed by atoms with van der Waals surface area (Å²) in [5.41, 5.74) is 0. The minimum absolute atomic E-state index is 0.0572. The van der Waals surface area contributed by atoms with Gasteiger partial charge in [-0.15, -0.1) is 0 Å². The van der Waals surface area contributed by atoms with Crippen LogP contribution in [0, 0.1) is 11.8 Å².